The van der Waals surface area contributed by atoms with Crippen LogP contribution in [0.5, 0.6) is 0 Å². The first-order valence-electron chi connectivity index (χ1n) is 5.40. The number of benzene rings is 1. The highest BCUT2D eigenvalue weighted by molar-refractivity contribution is 6.58. The average Bonchev–Trinajstić information content (AvgIpc) is 2.39. The van der Waals surface area contributed by atoms with Crippen LogP contribution < -0.4 is 10.8 Å². The van der Waals surface area contributed by atoms with Gasteiger partial charge in [0.05, 0.1) is 4.92 Å². The van der Waals surface area contributed by atoms with Gasteiger partial charge in [0.25, 0.3) is 0 Å². The molecule has 0 aliphatic rings. The summed E-state index contributed by atoms with van der Waals surface area (Å²) in [6.45, 7) is 0. The molecule has 2 aromatic rings. The predicted octanol–water partition coefficient (Wildman–Crippen LogP) is 0.413. The molecule has 0 saturated heterocycles. The Morgan fingerprint density at radius 2 is 2.05 bits per heavy atom. The average molecular weight is 259 g/mol. The molecule has 1 heterocycles. The van der Waals surface area contributed by atoms with Gasteiger partial charge in [0, 0.05) is 18.0 Å². The highest BCUT2D eigenvalue weighted by Gasteiger charge is 2.15. The Hall–Kier alpha value is -2.45. The van der Waals surface area contributed by atoms with Crippen molar-refractivity contribution in [3.8, 4) is 0 Å². The Morgan fingerprint density at radius 1 is 1.26 bits per heavy atom. The standard InChI is InChI=1S/C11H10BN3O4/c16-12(17)8-3-1-4-9(7-8)14-11-10(15(18)19)5-2-6-13-11/h1-7,16-17H,(H,13,14). The van der Waals surface area contributed by atoms with Crippen molar-refractivity contribution >= 4 is 29.8 Å². The van der Waals surface area contributed by atoms with E-state index >= 15 is 0 Å². The molecule has 0 aliphatic heterocycles. The van der Waals surface area contributed by atoms with Gasteiger partial charge in [-0.25, -0.2) is 4.98 Å². The molecule has 8 heteroatoms. The Morgan fingerprint density at radius 3 is 2.74 bits per heavy atom. The van der Waals surface area contributed by atoms with Crippen molar-refractivity contribution in [2.75, 3.05) is 5.32 Å². The number of hydrogen-bond donors (Lipinski definition) is 3. The molecule has 3 N–H and O–H groups in total. The molecule has 19 heavy (non-hydrogen) atoms. The van der Waals surface area contributed by atoms with Crippen LogP contribution in [0.3, 0.4) is 0 Å². The maximum absolute atomic E-state index is 10.8. The summed E-state index contributed by atoms with van der Waals surface area (Å²) in [5.41, 5.74) is 0.605. The summed E-state index contributed by atoms with van der Waals surface area (Å²) in [5.74, 6) is 0.0945. The van der Waals surface area contributed by atoms with Crippen LogP contribution in [0, 0.1) is 10.1 Å². The number of anilines is 2. The zero-order chi connectivity index (χ0) is 13.8. The van der Waals surface area contributed by atoms with Gasteiger partial charge in [-0.3, -0.25) is 10.1 Å². The lowest BCUT2D eigenvalue weighted by Crippen LogP contribution is -2.29. The first-order chi connectivity index (χ1) is 9.08. The van der Waals surface area contributed by atoms with Crippen molar-refractivity contribution in [3.63, 3.8) is 0 Å². The fraction of sp³-hybridized carbons (Fsp3) is 0. The number of pyridine rings is 1. The molecular weight excluding hydrogens is 249 g/mol. The predicted molar refractivity (Wildman–Crippen MR) is 70.4 cm³/mol. The largest absolute Gasteiger partial charge is 0.488 e. The zero-order valence-electron chi connectivity index (χ0n) is 9.72. The van der Waals surface area contributed by atoms with Crippen LogP contribution in [0.4, 0.5) is 17.2 Å². The molecule has 1 aromatic heterocycles. The van der Waals surface area contributed by atoms with Gasteiger partial charge in [-0.1, -0.05) is 12.1 Å². The number of nitro groups is 1. The third-order valence-electron chi connectivity index (χ3n) is 2.43. The van der Waals surface area contributed by atoms with Crippen molar-refractivity contribution in [2.24, 2.45) is 0 Å². The van der Waals surface area contributed by atoms with Crippen LogP contribution >= 0.6 is 0 Å². The topological polar surface area (TPSA) is 109 Å². The van der Waals surface area contributed by atoms with Crippen LogP contribution in [0.1, 0.15) is 0 Å². The van der Waals surface area contributed by atoms with Gasteiger partial charge in [0.1, 0.15) is 0 Å². The van der Waals surface area contributed by atoms with Gasteiger partial charge in [0.15, 0.2) is 0 Å². The summed E-state index contributed by atoms with van der Waals surface area (Å²) in [6, 6.07) is 9.05. The Balaban J connectivity index is 2.31. The van der Waals surface area contributed by atoms with Crippen LogP contribution in [-0.2, 0) is 0 Å². The summed E-state index contributed by atoms with van der Waals surface area (Å²) in [6.07, 6.45) is 1.43. The van der Waals surface area contributed by atoms with E-state index < -0.39 is 12.0 Å². The van der Waals surface area contributed by atoms with Gasteiger partial charge in [0.2, 0.25) is 5.82 Å². The molecular formula is C11H10BN3O4. The fourth-order valence-corrected chi connectivity index (χ4v) is 1.55. The minimum atomic E-state index is -1.60. The van der Waals surface area contributed by atoms with E-state index in [1.165, 1.54) is 30.5 Å². The third-order valence-corrected chi connectivity index (χ3v) is 2.43. The lowest BCUT2D eigenvalue weighted by molar-refractivity contribution is -0.384. The SMILES string of the molecule is O=[N+]([O-])c1cccnc1Nc1cccc(B(O)O)c1. The Labute approximate surface area is 108 Å². The maximum Gasteiger partial charge on any atom is 0.488 e. The minimum Gasteiger partial charge on any atom is -0.423 e. The molecule has 0 spiro atoms. The second-order valence-corrected chi connectivity index (χ2v) is 3.75. The highest BCUT2D eigenvalue weighted by atomic mass is 16.6. The molecule has 0 bridgehead atoms. The van der Waals surface area contributed by atoms with Crippen molar-refractivity contribution in [3.05, 3.63) is 52.7 Å². The second-order valence-electron chi connectivity index (χ2n) is 3.75. The van der Waals surface area contributed by atoms with E-state index in [1.807, 2.05) is 0 Å². The number of nitrogens with zero attached hydrogens (tertiary/aromatic N) is 2. The molecule has 0 unspecified atom stereocenters. The summed E-state index contributed by atoms with van der Waals surface area (Å²) in [4.78, 5) is 14.2. The first kappa shape index (κ1) is 13.0. The minimum absolute atomic E-state index is 0.0945. The summed E-state index contributed by atoms with van der Waals surface area (Å²) < 4.78 is 0. The van der Waals surface area contributed by atoms with Crippen LogP contribution in [0.2, 0.25) is 0 Å². The van der Waals surface area contributed by atoms with Gasteiger partial charge < -0.3 is 15.4 Å². The number of nitrogens with one attached hydrogen (secondary N) is 1. The molecule has 96 valence electrons. The van der Waals surface area contributed by atoms with E-state index in [-0.39, 0.29) is 17.0 Å². The molecule has 2 rings (SSSR count). The Kier molecular flexibility index (Phi) is 3.74. The smallest absolute Gasteiger partial charge is 0.423 e. The Bertz CT molecular complexity index is 606. The van der Waals surface area contributed by atoms with Crippen LogP contribution in [-0.4, -0.2) is 27.1 Å². The van der Waals surface area contributed by atoms with E-state index in [0.29, 0.717) is 5.69 Å². The molecule has 1 aromatic carbocycles. The van der Waals surface area contributed by atoms with E-state index in [2.05, 4.69) is 10.3 Å². The van der Waals surface area contributed by atoms with Crippen molar-refractivity contribution < 1.29 is 15.0 Å². The highest BCUT2D eigenvalue weighted by Crippen LogP contribution is 2.23. The van der Waals surface area contributed by atoms with E-state index in [0.717, 1.165) is 0 Å². The van der Waals surface area contributed by atoms with Gasteiger partial charge in [-0.05, 0) is 23.7 Å². The molecule has 0 amide bonds. The third kappa shape index (κ3) is 3.06. The number of hydrogen-bond acceptors (Lipinski definition) is 6. The maximum atomic E-state index is 10.8. The van der Waals surface area contributed by atoms with Crippen molar-refractivity contribution in [1.29, 1.82) is 0 Å². The van der Waals surface area contributed by atoms with Gasteiger partial charge >= 0.3 is 12.8 Å². The molecule has 7 nitrogen and oxygen atoms in total. The molecule has 0 atom stereocenters. The fourth-order valence-electron chi connectivity index (χ4n) is 1.55. The van der Waals surface area contributed by atoms with E-state index in [4.69, 9.17) is 10.0 Å². The monoisotopic (exact) mass is 259 g/mol. The lowest BCUT2D eigenvalue weighted by Gasteiger charge is -2.07. The zero-order valence-corrected chi connectivity index (χ0v) is 9.72. The molecule has 0 aliphatic carbocycles. The normalized spacial score (nSPS) is 10.0. The first-order valence-corrected chi connectivity index (χ1v) is 5.40. The van der Waals surface area contributed by atoms with Gasteiger partial charge in [-0.15, -0.1) is 0 Å². The summed E-state index contributed by atoms with van der Waals surface area (Å²) in [7, 11) is -1.60. The second kappa shape index (κ2) is 5.47. The van der Waals surface area contributed by atoms with E-state index in [9.17, 15) is 10.1 Å². The molecule has 0 fully saturated rings. The van der Waals surface area contributed by atoms with Crippen LogP contribution in [0.25, 0.3) is 0 Å². The quantitative estimate of drug-likeness (QED) is 0.417. The summed E-state index contributed by atoms with van der Waals surface area (Å²) >= 11 is 0. The number of aromatic nitrogens is 1. The summed E-state index contributed by atoms with van der Waals surface area (Å²) in [5, 5.41) is 31.7. The van der Waals surface area contributed by atoms with Crippen LogP contribution in [0.15, 0.2) is 42.6 Å². The van der Waals surface area contributed by atoms with Gasteiger partial charge in [-0.2, -0.15) is 0 Å². The van der Waals surface area contributed by atoms with E-state index in [1.54, 1.807) is 12.1 Å². The number of rotatable bonds is 4. The van der Waals surface area contributed by atoms with Crippen molar-refractivity contribution in [2.45, 2.75) is 0 Å². The van der Waals surface area contributed by atoms with Crippen molar-refractivity contribution in [1.82, 2.24) is 4.98 Å². The molecule has 0 saturated carbocycles. The lowest BCUT2D eigenvalue weighted by atomic mass is 9.80. The molecule has 0 radical (unpaired) electrons.